The van der Waals surface area contributed by atoms with Gasteiger partial charge in [0.05, 0.1) is 5.69 Å². The summed E-state index contributed by atoms with van der Waals surface area (Å²) in [5, 5.41) is 0. The number of hydrogen-bond donors (Lipinski definition) is 0. The highest BCUT2D eigenvalue weighted by atomic mass is 16.3. The van der Waals surface area contributed by atoms with Crippen LogP contribution in [0.15, 0.2) is 41.3 Å². The molecule has 2 rings (SSSR count). The first-order valence-electron chi connectivity index (χ1n) is 5.21. The average molecular weight is 201 g/mol. The molecule has 2 nitrogen and oxygen atoms in total. The fourth-order valence-electron chi connectivity index (χ4n) is 1.60. The SMILES string of the molecule is CC(C)c1cccc(Cc2cocn2)c1. The molecule has 0 radical (unpaired) electrons. The van der Waals surface area contributed by atoms with E-state index in [9.17, 15) is 0 Å². The van der Waals surface area contributed by atoms with Gasteiger partial charge in [-0.25, -0.2) is 4.98 Å². The van der Waals surface area contributed by atoms with Gasteiger partial charge in [0.1, 0.15) is 6.26 Å². The standard InChI is InChI=1S/C13H15NO/c1-10(2)12-5-3-4-11(6-12)7-13-8-15-9-14-13/h3-6,8-10H,7H2,1-2H3. The summed E-state index contributed by atoms with van der Waals surface area (Å²) in [4.78, 5) is 4.12. The maximum Gasteiger partial charge on any atom is 0.180 e. The number of rotatable bonds is 3. The normalized spacial score (nSPS) is 10.9. The smallest absolute Gasteiger partial charge is 0.180 e. The Morgan fingerprint density at radius 3 is 2.87 bits per heavy atom. The molecule has 2 heteroatoms. The van der Waals surface area contributed by atoms with Crippen molar-refractivity contribution in [2.24, 2.45) is 0 Å². The van der Waals surface area contributed by atoms with Gasteiger partial charge in [0, 0.05) is 6.42 Å². The molecule has 15 heavy (non-hydrogen) atoms. The fourth-order valence-corrected chi connectivity index (χ4v) is 1.60. The van der Waals surface area contributed by atoms with Gasteiger partial charge in [-0.05, 0) is 17.0 Å². The van der Waals surface area contributed by atoms with Gasteiger partial charge < -0.3 is 4.42 Å². The molecule has 2 aromatic rings. The Balaban J connectivity index is 2.18. The van der Waals surface area contributed by atoms with Gasteiger partial charge in [-0.2, -0.15) is 0 Å². The molecule has 0 saturated heterocycles. The monoisotopic (exact) mass is 201 g/mol. The molecule has 0 atom stereocenters. The van der Waals surface area contributed by atoms with Crippen molar-refractivity contribution in [1.82, 2.24) is 4.98 Å². The van der Waals surface area contributed by atoms with E-state index in [1.165, 1.54) is 17.5 Å². The summed E-state index contributed by atoms with van der Waals surface area (Å²) in [6.45, 7) is 4.41. The van der Waals surface area contributed by atoms with Crippen LogP contribution in [0.3, 0.4) is 0 Å². The summed E-state index contributed by atoms with van der Waals surface area (Å²) < 4.78 is 4.95. The van der Waals surface area contributed by atoms with Crippen molar-refractivity contribution in [2.75, 3.05) is 0 Å². The van der Waals surface area contributed by atoms with Crippen LogP contribution in [0.1, 0.15) is 36.6 Å². The number of benzene rings is 1. The topological polar surface area (TPSA) is 26.0 Å². The molecule has 0 aliphatic heterocycles. The van der Waals surface area contributed by atoms with E-state index in [1.54, 1.807) is 6.26 Å². The second kappa shape index (κ2) is 4.30. The zero-order chi connectivity index (χ0) is 10.7. The summed E-state index contributed by atoms with van der Waals surface area (Å²) >= 11 is 0. The minimum absolute atomic E-state index is 0.572. The Labute approximate surface area is 90.0 Å². The molecule has 0 fully saturated rings. The molecule has 0 N–H and O–H groups in total. The Morgan fingerprint density at radius 2 is 2.20 bits per heavy atom. The molecule has 1 heterocycles. The molecule has 0 aliphatic rings. The van der Waals surface area contributed by atoms with Crippen LogP contribution in [-0.4, -0.2) is 4.98 Å². The van der Waals surface area contributed by atoms with Crippen molar-refractivity contribution in [1.29, 1.82) is 0 Å². The van der Waals surface area contributed by atoms with Crippen molar-refractivity contribution >= 4 is 0 Å². The van der Waals surface area contributed by atoms with E-state index in [0.717, 1.165) is 12.1 Å². The second-order valence-electron chi connectivity index (χ2n) is 4.06. The van der Waals surface area contributed by atoms with E-state index < -0.39 is 0 Å². The lowest BCUT2D eigenvalue weighted by Gasteiger charge is -2.06. The van der Waals surface area contributed by atoms with Crippen molar-refractivity contribution < 1.29 is 4.42 Å². The van der Waals surface area contributed by atoms with E-state index in [1.807, 2.05) is 0 Å². The van der Waals surface area contributed by atoms with Crippen LogP contribution in [0, 0.1) is 0 Å². The number of oxazole rings is 1. The predicted octanol–water partition coefficient (Wildman–Crippen LogP) is 3.39. The van der Waals surface area contributed by atoms with Gasteiger partial charge in [-0.1, -0.05) is 38.1 Å². The summed E-state index contributed by atoms with van der Waals surface area (Å²) in [7, 11) is 0. The summed E-state index contributed by atoms with van der Waals surface area (Å²) in [5.74, 6) is 0.572. The molecule has 0 saturated carbocycles. The molecule has 0 spiro atoms. The van der Waals surface area contributed by atoms with Gasteiger partial charge in [-0.15, -0.1) is 0 Å². The van der Waals surface area contributed by atoms with Crippen molar-refractivity contribution in [3.8, 4) is 0 Å². The minimum Gasteiger partial charge on any atom is -0.451 e. The summed E-state index contributed by atoms with van der Waals surface area (Å²) in [5.41, 5.74) is 3.64. The molecule has 0 bridgehead atoms. The number of aromatic nitrogens is 1. The summed E-state index contributed by atoms with van der Waals surface area (Å²) in [6.07, 6.45) is 4.01. The van der Waals surface area contributed by atoms with Crippen LogP contribution >= 0.6 is 0 Å². The van der Waals surface area contributed by atoms with Crippen molar-refractivity contribution in [3.63, 3.8) is 0 Å². The molecule has 0 amide bonds. The number of hydrogen-bond acceptors (Lipinski definition) is 2. The Kier molecular flexibility index (Phi) is 2.86. The van der Waals surface area contributed by atoms with Crippen LogP contribution in [0.4, 0.5) is 0 Å². The lowest BCUT2D eigenvalue weighted by atomic mass is 9.99. The lowest BCUT2D eigenvalue weighted by molar-refractivity contribution is 0.556. The molecule has 1 aromatic carbocycles. The maximum atomic E-state index is 4.95. The van der Waals surface area contributed by atoms with E-state index in [-0.39, 0.29) is 0 Å². The highest BCUT2D eigenvalue weighted by molar-refractivity contribution is 5.28. The first-order valence-corrected chi connectivity index (χ1v) is 5.21. The molecule has 0 aliphatic carbocycles. The van der Waals surface area contributed by atoms with Gasteiger partial charge in [0.2, 0.25) is 0 Å². The molecule has 1 aromatic heterocycles. The first kappa shape index (κ1) is 9.97. The Bertz CT molecular complexity index is 418. The fraction of sp³-hybridized carbons (Fsp3) is 0.308. The van der Waals surface area contributed by atoms with Crippen molar-refractivity contribution in [2.45, 2.75) is 26.2 Å². The average Bonchev–Trinajstić information content (AvgIpc) is 2.71. The third kappa shape index (κ3) is 2.46. The van der Waals surface area contributed by atoms with Gasteiger partial charge >= 0.3 is 0 Å². The van der Waals surface area contributed by atoms with E-state index in [2.05, 4.69) is 43.1 Å². The van der Waals surface area contributed by atoms with Gasteiger partial charge in [0.15, 0.2) is 6.39 Å². The molecular weight excluding hydrogens is 186 g/mol. The Morgan fingerprint density at radius 1 is 1.33 bits per heavy atom. The van der Waals surface area contributed by atoms with Crippen LogP contribution < -0.4 is 0 Å². The third-order valence-corrected chi connectivity index (χ3v) is 2.49. The van der Waals surface area contributed by atoms with Crippen LogP contribution in [0.2, 0.25) is 0 Å². The molecular formula is C13H15NO. The highest BCUT2D eigenvalue weighted by Gasteiger charge is 2.02. The van der Waals surface area contributed by atoms with Gasteiger partial charge in [0.25, 0.3) is 0 Å². The lowest BCUT2D eigenvalue weighted by Crippen LogP contribution is -1.92. The van der Waals surface area contributed by atoms with E-state index >= 15 is 0 Å². The number of nitrogens with zero attached hydrogens (tertiary/aromatic N) is 1. The zero-order valence-corrected chi connectivity index (χ0v) is 9.10. The van der Waals surface area contributed by atoms with E-state index in [4.69, 9.17) is 4.42 Å². The van der Waals surface area contributed by atoms with Crippen molar-refractivity contribution in [3.05, 3.63) is 53.7 Å². The van der Waals surface area contributed by atoms with Crippen LogP contribution in [0.5, 0.6) is 0 Å². The first-order chi connectivity index (χ1) is 7.25. The predicted molar refractivity (Wildman–Crippen MR) is 59.8 cm³/mol. The van der Waals surface area contributed by atoms with Crippen LogP contribution in [0.25, 0.3) is 0 Å². The highest BCUT2D eigenvalue weighted by Crippen LogP contribution is 2.17. The largest absolute Gasteiger partial charge is 0.451 e. The second-order valence-corrected chi connectivity index (χ2v) is 4.06. The van der Waals surface area contributed by atoms with Gasteiger partial charge in [-0.3, -0.25) is 0 Å². The Hall–Kier alpha value is -1.57. The third-order valence-electron chi connectivity index (χ3n) is 2.49. The molecule has 0 unspecified atom stereocenters. The van der Waals surface area contributed by atoms with E-state index in [0.29, 0.717) is 5.92 Å². The minimum atomic E-state index is 0.572. The molecule has 78 valence electrons. The van der Waals surface area contributed by atoms with Crippen LogP contribution in [-0.2, 0) is 6.42 Å². The quantitative estimate of drug-likeness (QED) is 0.760. The summed E-state index contributed by atoms with van der Waals surface area (Å²) in [6, 6.07) is 8.63. The maximum absolute atomic E-state index is 4.95. The zero-order valence-electron chi connectivity index (χ0n) is 9.10.